The second kappa shape index (κ2) is 8.76. The highest BCUT2D eigenvalue weighted by Crippen LogP contribution is 2.29. The number of aryl methyl sites for hydroxylation is 2. The summed E-state index contributed by atoms with van der Waals surface area (Å²) in [6.07, 6.45) is 6.79. The average molecular weight is 384 g/mol. The van der Waals surface area contributed by atoms with Gasteiger partial charge in [-0.2, -0.15) is 0 Å². The number of imidazole rings is 1. The Labute approximate surface area is 168 Å². The number of pyridine rings is 1. The number of likely N-dealkylation sites (tertiary alicyclic amines) is 1. The number of piperidine rings is 1. The van der Waals surface area contributed by atoms with E-state index in [0.29, 0.717) is 12.5 Å². The number of anilines is 1. The Morgan fingerprint density at radius 3 is 2.86 bits per heavy atom. The molecule has 2 atom stereocenters. The molecule has 0 N–H and O–H groups in total. The predicted molar refractivity (Wildman–Crippen MR) is 113 cm³/mol. The van der Waals surface area contributed by atoms with E-state index in [1.807, 2.05) is 31.1 Å². The maximum absolute atomic E-state index is 13.1. The summed E-state index contributed by atoms with van der Waals surface area (Å²) in [7, 11) is 4.11. The molecule has 1 aliphatic heterocycles. The molecular formula is C22H33N5O. The second-order valence-electron chi connectivity index (χ2n) is 8.16. The largest absolute Gasteiger partial charge is 0.378 e. The van der Waals surface area contributed by atoms with Gasteiger partial charge in [0, 0.05) is 75.5 Å². The molecule has 0 aliphatic carbocycles. The topological polar surface area (TPSA) is 54.3 Å². The molecule has 1 saturated heterocycles. The monoisotopic (exact) mass is 383 g/mol. The molecule has 1 amide bonds. The molecule has 6 heteroatoms. The maximum Gasteiger partial charge on any atom is 0.227 e. The highest BCUT2D eigenvalue weighted by Gasteiger charge is 2.29. The van der Waals surface area contributed by atoms with E-state index in [9.17, 15) is 4.79 Å². The number of aromatic nitrogens is 3. The van der Waals surface area contributed by atoms with E-state index in [0.717, 1.165) is 49.6 Å². The van der Waals surface area contributed by atoms with Gasteiger partial charge in [0.2, 0.25) is 5.91 Å². The van der Waals surface area contributed by atoms with E-state index in [1.165, 1.54) is 5.69 Å². The van der Waals surface area contributed by atoms with E-state index in [-0.39, 0.29) is 11.8 Å². The number of hydrogen-bond donors (Lipinski definition) is 0. The lowest BCUT2D eigenvalue weighted by Crippen LogP contribution is -2.42. The van der Waals surface area contributed by atoms with Gasteiger partial charge in [-0.15, -0.1) is 0 Å². The Morgan fingerprint density at radius 1 is 1.36 bits per heavy atom. The Hall–Kier alpha value is -2.37. The van der Waals surface area contributed by atoms with E-state index in [2.05, 4.69) is 47.6 Å². The van der Waals surface area contributed by atoms with Crippen molar-refractivity contribution in [3.63, 3.8) is 0 Å². The molecule has 0 spiro atoms. The molecule has 1 aliphatic rings. The van der Waals surface area contributed by atoms with E-state index >= 15 is 0 Å². The second-order valence-corrected chi connectivity index (χ2v) is 8.16. The van der Waals surface area contributed by atoms with Gasteiger partial charge in [0.25, 0.3) is 0 Å². The van der Waals surface area contributed by atoms with Crippen LogP contribution in [0.5, 0.6) is 0 Å². The van der Waals surface area contributed by atoms with Crippen molar-refractivity contribution in [2.45, 2.75) is 52.5 Å². The summed E-state index contributed by atoms with van der Waals surface area (Å²) in [5.74, 6) is 1.53. The summed E-state index contributed by atoms with van der Waals surface area (Å²) >= 11 is 0. The summed E-state index contributed by atoms with van der Waals surface area (Å²) in [5.41, 5.74) is 3.31. The van der Waals surface area contributed by atoms with E-state index in [4.69, 9.17) is 4.98 Å². The first-order chi connectivity index (χ1) is 13.4. The molecule has 2 unspecified atom stereocenters. The highest BCUT2D eigenvalue weighted by atomic mass is 16.2. The van der Waals surface area contributed by atoms with Crippen molar-refractivity contribution < 1.29 is 4.79 Å². The van der Waals surface area contributed by atoms with Crippen LogP contribution in [0.3, 0.4) is 0 Å². The fraction of sp³-hybridized carbons (Fsp3) is 0.591. The molecule has 0 bridgehead atoms. The minimum Gasteiger partial charge on any atom is -0.378 e. The fourth-order valence-electron chi connectivity index (χ4n) is 4.07. The van der Waals surface area contributed by atoms with Crippen molar-refractivity contribution >= 4 is 11.6 Å². The number of rotatable bonds is 6. The standard InChI is InChI=1S/C22H33N5O/c1-6-21-23-9-11-26(21)14-16(2)22(28)27-10-7-8-18(15-27)20-13-19(25(4)5)12-17(3)24-20/h9,11-13,16,18H,6-8,10,14-15H2,1-5H3. The quantitative estimate of drug-likeness (QED) is 0.768. The van der Waals surface area contributed by atoms with Crippen LogP contribution in [-0.2, 0) is 17.8 Å². The molecule has 28 heavy (non-hydrogen) atoms. The van der Waals surface area contributed by atoms with Gasteiger partial charge in [-0.05, 0) is 31.9 Å². The lowest BCUT2D eigenvalue weighted by atomic mass is 9.93. The van der Waals surface area contributed by atoms with Gasteiger partial charge in [0.15, 0.2) is 0 Å². The normalized spacial score (nSPS) is 18.2. The van der Waals surface area contributed by atoms with Crippen LogP contribution < -0.4 is 4.90 Å². The van der Waals surface area contributed by atoms with Crippen LogP contribution in [0.15, 0.2) is 24.5 Å². The lowest BCUT2D eigenvalue weighted by molar-refractivity contribution is -0.136. The summed E-state index contributed by atoms with van der Waals surface area (Å²) in [6, 6.07) is 4.28. The number of carbonyl (C=O) groups is 1. The van der Waals surface area contributed by atoms with Gasteiger partial charge >= 0.3 is 0 Å². The Morgan fingerprint density at radius 2 is 2.14 bits per heavy atom. The first-order valence-electron chi connectivity index (χ1n) is 10.3. The first-order valence-corrected chi connectivity index (χ1v) is 10.3. The average Bonchev–Trinajstić information content (AvgIpc) is 3.14. The lowest BCUT2D eigenvalue weighted by Gasteiger charge is -2.34. The van der Waals surface area contributed by atoms with Crippen LogP contribution in [0.25, 0.3) is 0 Å². The molecule has 3 heterocycles. The molecule has 152 valence electrons. The molecule has 0 aromatic carbocycles. The zero-order chi connectivity index (χ0) is 20.3. The molecule has 6 nitrogen and oxygen atoms in total. The number of nitrogens with zero attached hydrogens (tertiary/aromatic N) is 5. The third-order valence-electron chi connectivity index (χ3n) is 5.64. The molecule has 0 saturated carbocycles. The zero-order valence-corrected chi connectivity index (χ0v) is 17.9. The van der Waals surface area contributed by atoms with Crippen molar-refractivity contribution in [1.29, 1.82) is 0 Å². The van der Waals surface area contributed by atoms with Crippen molar-refractivity contribution in [3.8, 4) is 0 Å². The smallest absolute Gasteiger partial charge is 0.227 e. The van der Waals surface area contributed by atoms with Gasteiger partial charge in [0.1, 0.15) is 5.82 Å². The van der Waals surface area contributed by atoms with Crippen molar-refractivity contribution in [3.05, 3.63) is 41.7 Å². The summed E-state index contributed by atoms with van der Waals surface area (Å²) in [6.45, 7) is 8.46. The van der Waals surface area contributed by atoms with E-state index < -0.39 is 0 Å². The minimum absolute atomic E-state index is 0.0546. The first kappa shape index (κ1) is 20.4. The van der Waals surface area contributed by atoms with Crippen LogP contribution in [0.2, 0.25) is 0 Å². The Kier molecular flexibility index (Phi) is 6.37. The maximum atomic E-state index is 13.1. The Balaban J connectivity index is 1.70. The highest BCUT2D eigenvalue weighted by molar-refractivity contribution is 5.78. The number of carbonyl (C=O) groups excluding carboxylic acids is 1. The molecule has 2 aromatic heterocycles. The molecule has 3 rings (SSSR count). The van der Waals surface area contributed by atoms with Crippen molar-refractivity contribution in [2.24, 2.45) is 5.92 Å². The molecule has 2 aromatic rings. The summed E-state index contributed by atoms with van der Waals surface area (Å²) < 4.78 is 2.11. The molecular weight excluding hydrogens is 350 g/mol. The van der Waals surface area contributed by atoms with Gasteiger partial charge in [-0.3, -0.25) is 9.78 Å². The fourth-order valence-corrected chi connectivity index (χ4v) is 4.07. The van der Waals surface area contributed by atoms with Crippen LogP contribution in [-0.4, -0.2) is 52.5 Å². The van der Waals surface area contributed by atoms with Crippen LogP contribution >= 0.6 is 0 Å². The van der Waals surface area contributed by atoms with Crippen molar-refractivity contribution in [1.82, 2.24) is 19.4 Å². The van der Waals surface area contributed by atoms with Crippen LogP contribution in [0.4, 0.5) is 5.69 Å². The van der Waals surface area contributed by atoms with Crippen molar-refractivity contribution in [2.75, 3.05) is 32.1 Å². The zero-order valence-electron chi connectivity index (χ0n) is 17.9. The molecule has 1 fully saturated rings. The number of amides is 1. The predicted octanol–water partition coefficient (Wildman–Crippen LogP) is 3.26. The summed E-state index contributed by atoms with van der Waals surface area (Å²) in [5, 5.41) is 0. The van der Waals surface area contributed by atoms with Gasteiger partial charge in [0.05, 0.1) is 5.92 Å². The van der Waals surface area contributed by atoms with Gasteiger partial charge in [-0.25, -0.2) is 4.98 Å². The third-order valence-corrected chi connectivity index (χ3v) is 5.64. The van der Waals surface area contributed by atoms with Crippen LogP contribution in [0.1, 0.15) is 49.8 Å². The minimum atomic E-state index is -0.0546. The van der Waals surface area contributed by atoms with E-state index in [1.54, 1.807) is 0 Å². The summed E-state index contributed by atoms with van der Waals surface area (Å²) in [4.78, 5) is 26.4. The van der Waals surface area contributed by atoms with Gasteiger partial charge in [-0.1, -0.05) is 13.8 Å². The van der Waals surface area contributed by atoms with Crippen LogP contribution in [0, 0.1) is 12.8 Å². The SMILES string of the molecule is CCc1nccn1CC(C)C(=O)N1CCCC(c2cc(N(C)C)cc(C)n2)C1. The van der Waals surface area contributed by atoms with Gasteiger partial charge < -0.3 is 14.4 Å². The molecule has 0 radical (unpaired) electrons. The number of hydrogen-bond acceptors (Lipinski definition) is 4. The third kappa shape index (κ3) is 4.54. The Bertz CT molecular complexity index is 813.